The summed E-state index contributed by atoms with van der Waals surface area (Å²) in [6.45, 7) is 2.93. The lowest BCUT2D eigenvalue weighted by Crippen LogP contribution is -2.42. The summed E-state index contributed by atoms with van der Waals surface area (Å²) in [5, 5.41) is 1.75. The predicted octanol–water partition coefficient (Wildman–Crippen LogP) is 1.22. The molecule has 1 amide bonds. The Morgan fingerprint density at radius 2 is 2.20 bits per heavy atom. The van der Waals surface area contributed by atoms with Gasteiger partial charge in [-0.25, -0.2) is 13.9 Å². The number of hydrogen-bond donors (Lipinski definition) is 1. The molecule has 1 N–H and O–H groups in total. The summed E-state index contributed by atoms with van der Waals surface area (Å²) in [4.78, 5) is 16.6. The molecule has 1 aromatic rings. The second kappa shape index (κ2) is 6.66. The van der Waals surface area contributed by atoms with Gasteiger partial charge in [-0.1, -0.05) is 6.07 Å². The molecule has 0 radical (unpaired) electrons. The van der Waals surface area contributed by atoms with Crippen molar-refractivity contribution in [1.29, 1.82) is 0 Å². The van der Waals surface area contributed by atoms with E-state index in [1.807, 2.05) is 0 Å². The lowest BCUT2D eigenvalue weighted by molar-refractivity contribution is -0.138. The topological polar surface area (TPSA) is 75.7 Å². The zero-order chi connectivity index (χ0) is 14.6. The van der Waals surface area contributed by atoms with Crippen molar-refractivity contribution in [3.05, 3.63) is 17.5 Å². The Hall–Kier alpha value is -0.960. The van der Waals surface area contributed by atoms with Crippen LogP contribution in [0.5, 0.6) is 0 Å². The summed E-state index contributed by atoms with van der Waals surface area (Å²) in [6.07, 6.45) is 1.03. The Morgan fingerprint density at radius 1 is 1.50 bits per heavy atom. The van der Waals surface area contributed by atoms with E-state index in [2.05, 4.69) is 5.48 Å². The fourth-order valence-corrected chi connectivity index (χ4v) is 4.74. The number of rotatable bonds is 5. The number of carbonyl (C=O) groups is 1. The first-order valence-electron chi connectivity index (χ1n) is 6.51. The number of nitrogens with zero attached hydrogens (tertiary/aromatic N) is 1. The average Bonchev–Trinajstić information content (AvgIpc) is 3.00. The molecule has 2 rings (SSSR count). The van der Waals surface area contributed by atoms with Crippen molar-refractivity contribution in [3.63, 3.8) is 0 Å². The lowest BCUT2D eigenvalue weighted by atomic mass is 9.98. The number of thiophene rings is 1. The van der Waals surface area contributed by atoms with Crippen LogP contribution in [-0.4, -0.2) is 38.3 Å². The van der Waals surface area contributed by atoms with E-state index in [1.165, 1.54) is 15.6 Å². The van der Waals surface area contributed by atoms with Gasteiger partial charge < -0.3 is 0 Å². The van der Waals surface area contributed by atoms with E-state index < -0.39 is 10.0 Å². The van der Waals surface area contributed by atoms with Crippen LogP contribution in [0.3, 0.4) is 0 Å². The fourth-order valence-electron chi connectivity index (χ4n) is 2.12. The highest BCUT2D eigenvalue weighted by molar-refractivity contribution is 7.91. The van der Waals surface area contributed by atoms with Gasteiger partial charge in [0.05, 0.1) is 6.61 Å². The van der Waals surface area contributed by atoms with Crippen LogP contribution in [0.4, 0.5) is 0 Å². The molecule has 1 saturated heterocycles. The first kappa shape index (κ1) is 15.4. The van der Waals surface area contributed by atoms with Crippen molar-refractivity contribution in [1.82, 2.24) is 9.79 Å². The molecule has 0 atom stereocenters. The molecule has 2 heterocycles. The molecule has 1 fully saturated rings. The van der Waals surface area contributed by atoms with Gasteiger partial charge >= 0.3 is 0 Å². The summed E-state index contributed by atoms with van der Waals surface area (Å²) in [7, 11) is -3.40. The van der Waals surface area contributed by atoms with Crippen molar-refractivity contribution in [2.75, 3.05) is 19.7 Å². The van der Waals surface area contributed by atoms with Crippen LogP contribution in [0.15, 0.2) is 21.7 Å². The molecular weight excluding hydrogens is 300 g/mol. The Labute approximate surface area is 122 Å². The summed E-state index contributed by atoms with van der Waals surface area (Å²) < 4.78 is 26.4. The maximum Gasteiger partial charge on any atom is 0.252 e. The summed E-state index contributed by atoms with van der Waals surface area (Å²) in [5.74, 6) is -0.351. The van der Waals surface area contributed by atoms with Gasteiger partial charge in [-0.3, -0.25) is 9.63 Å². The number of sulfonamides is 1. The molecule has 0 unspecified atom stereocenters. The maximum atomic E-state index is 12.3. The number of carbonyl (C=O) groups excluding carboxylic acids is 1. The van der Waals surface area contributed by atoms with Gasteiger partial charge in [0.2, 0.25) is 5.91 Å². The van der Waals surface area contributed by atoms with Gasteiger partial charge in [0.25, 0.3) is 10.0 Å². The number of nitrogens with one attached hydrogen (secondary N) is 1. The van der Waals surface area contributed by atoms with E-state index in [9.17, 15) is 13.2 Å². The third kappa shape index (κ3) is 3.38. The third-order valence-electron chi connectivity index (χ3n) is 3.23. The number of amides is 1. The van der Waals surface area contributed by atoms with Crippen LogP contribution >= 0.6 is 11.3 Å². The highest BCUT2D eigenvalue weighted by Gasteiger charge is 2.32. The van der Waals surface area contributed by atoms with Crippen molar-refractivity contribution in [2.45, 2.75) is 24.0 Å². The normalized spacial score (nSPS) is 18.1. The van der Waals surface area contributed by atoms with Crippen LogP contribution in [0.1, 0.15) is 19.8 Å². The molecule has 1 aliphatic heterocycles. The highest BCUT2D eigenvalue weighted by Crippen LogP contribution is 2.26. The van der Waals surface area contributed by atoms with Crippen LogP contribution < -0.4 is 5.48 Å². The van der Waals surface area contributed by atoms with Gasteiger partial charge in [0.1, 0.15) is 4.21 Å². The van der Waals surface area contributed by atoms with Crippen LogP contribution in [-0.2, 0) is 19.7 Å². The average molecular weight is 318 g/mol. The monoisotopic (exact) mass is 318 g/mol. The summed E-state index contributed by atoms with van der Waals surface area (Å²) >= 11 is 1.21. The van der Waals surface area contributed by atoms with Crippen molar-refractivity contribution in [3.8, 4) is 0 Å². The molecule has 8 heteroatoms. The molecule has 0 aliphatic carbocycles. The van der Waals surface area contributed by atoms with Crippen LogP contribution in [0.2, 0.25) is 0 Å². The maximum absolute atomic E-state index is 12.3. The number of piperidine rings is 1. The van der Waals surface area contributed by atoms with E-state index in [-0.39, 0.29) is 11.8 Å². The smallest absolute Gasteiger partial charge is 0.252 e. The molecule has 0 spiro atoms. The van der Waals surface area contributed by atoms with Crippen LogP contribution in [0, 0.1) is 5.92 Å². The van der Waals surface area contributed by atoms with E-state index in [4.69, 9.17) is 4.84 Å². The van der Waals surface area contributed by atoms with Crippen molar-refractivity contribution >= 4 is 27.3 Å². The minimum absolute atomic E-state index is 0.167. The quantitative estimate of drug-likeness (QED) is 0.828. The molecular formula is C12H18N2O4S2. The standard InChI is InChI=1S/C12H18N2O4S2/c1-2-18-13-12(15)10-5-7-14(8-6-10)20(16,17)11-4-3-9-19-11/h3-4,9-10H,2,5-8H2,1H3,(H,13,15). The second-order valence-electron chi connectivity index (χ2n) is 4.51. The Balaban J connectivity index is 1.93. The first-order valence-corrected chi connectivity index (χ1v) is 8.83. The van der Waals surface area contributed by atoms with Gasteiger partial charge in [-0.15, -0.1) is 11.3 Å². The number of hydroxylamine groups is 1. The number of hydrogen-bond acceptors (Lipinski definition) is 5. The SMILES string of the molecule is CCONC(=O)C1CCN(S(=O)(=O)c2cccs2)CC1. The molecule has 0 aromatic carbocycles. The van der Waals surface area contributed by atoms with E-state index in [0.717, 1.165) is 0 Å². The molecule has 112 valence electrons. The van der Waals surface area contributed by atoms with Gasteiger partial charge in [-0.05, 0) is 31.2 Å². The minimum atomic E-state index is -3.40. The van der Waals surface area contributed by atoms with E-state index in [0.29, 0.717) is 36.7 Å². The summed E-state index contributed by atoms with van der Waals surface area (Å²) in [6, 6.07) is 3.33. The minimum Gasteiger partial charge on any atom is -0.274 e. The molecule has 1 aromatic heterocycles. The molecule has 0 saturated carbocycles. The lowest BCUT2D eigenvalue weighted by Gasteiger charge is -2.29. The first-order chi connectivity index (χ1) is 9.55. The van der Waals surface area contributed by atoms with E-state index >= 15 is 0 Å². The van der Waals surface area contributed by atoms with Crippen molar-refractivity contribution in [2.24, 2.45) is 5.92 Å². The fraction of sp³-hybridized carbons (Fsp3) is 0.583. The Bertz CT molecular complexity index is 534. The summed E-state index contributed by atoms with van der Waals surface area (Å²) in [5.41, 5.74) is 2.38. The molecule has 0 bridgehead atoms. The zero-order valence-electron chi connectivity index (χ0n) is 11.2. The largest absolute Gasteiger partial charge is 0.274 e. The van der Waals surface area contributed by atoms with Crippen molar-refractivity contribution < 1.29 is 18.0 Å². The van der Waals surface area contributed by atoms with Gasteiger partial charge in [0, 0.05) is 19.0 Å². The molecule has 6 nitrogen and oxygen atoms in total. The Kier molecular flexibility index (Phi) is 5.14. The third-order valence-corrected chi connectivity index (χ3v) is 6.50. The van der Waals surface area contributed by atoms with Gasteiger partial charge in [0.15, 0.2) is 0 Å². The second-order valence-corrected chi connectivity index (χ2v) is 7.62. The molecule has 1 aliphatic rings. The zero-order valence-corrected chi connectivity index (χ0v) is 12.9. The van der Waals surface area contributed by atoms with E-state index in [1.54, 1.807) is 24.4 Å². The molecule has 20 heavy (non-hydrogen) atoms. The Morgan fingerprint density at radius 3 is 2.75 bits per heavy atom. The highest BCUT2D eigenvalue weighted by atomic mass is 32.2. The van der Waals surface area contributed by atoms with Crippen LogP contribution in [0.25, 0.3) is 0 Å². The van der Waals surface area contributed by atoms with Gasteiger partial charge in [-0.2, -0.15) is 4.31 Å². The predicted molar refractivity (Wildman–Crippen MR) is 75.6 cm³/mol.